The molecule has 0 heterocycles. The lowest BCUT2D eigenvalue weighted by Gasteiger charge is -2.29. The SMILES string of the molecule is OCC(O)C1(Br)C=CC(Br)=CC1. The number of aliphatic hydroxyl groups excluding tert-OH is 2. The van der Waals surface area contributed by atoms with Crippen molar-refractivity contribution in [2.75, 3.05) is 6.61 Å². The third-order valence-corrected chi connectivity index (χ3v) is 3.56. The standard InChI is InChI=1S/C8H10Br2O2/c9-6-1-3-8(10,4-2-6)7(12)5-11/h1-3,7,11-12H,4-5H2. The summed E-state index contributed by atoms with van der Waals surface area (Å²) in [6, 6.07) is 0. The second-order valence-corrected chi connectivity index (χ2v) is 5.14. The maximum absolute atomic E-state index is 9.44. The minimum absolute atomic E-state index is 0.235. The van der Waals surface area contributed by atoms with Crippen molar-refractivity contribution >= 4 is 31.9 Å². The molecule has 1 aliphatic carbocycles. The molecular weight excluding hydrogens is 288 g/mol. The van der Waals surface area contributed by atoms with E-state index in [1.54, 1.807) is 0 Å². The smallest absolute Gasteiger partial charge is 0.0961 e. The maximum atomic E-state index is 9.44. The number of allylic oxidation sites excluding steroid dienone is 3. The molecule has 0 spiro atoms. The summed E-state index contributed by atoms with van der Waals surface area (Å²) in [5.74, 6) is 0. The molecule has 0 bridgehead atoms. The number of hydrogen-bond acceptors (Lipinski definition) is 2. The van der Waals surface area contributed by atoms with Crippen LogP contribution in [0.3, 0.4) is 0 Å². The lowest BCUT2D eigenvalue weighted by Crippen LogP contribution is -2.37. The van der Waals surface area contributed by atoms with E-state index in [4.69, 9.17) is 5.11 Å². The molecule has 2 nitrogen and oxygen atoms in total. The van der Waals surface area contributed by atoms with Gasteiger partial charge < -0.3 is 10.2 Å². The highest BCUT2D eigenvalue weighted by Gasteiger charge is 2.32. The second kappa shape index (κ2) is 4.05. The van der Waals surface area contributed by atoms with Crippen LogP contribution in [0.5, 0.6) is 0 Å². The molecule has 0 amide bonds. The van der Waals surface area contributed by atoms with Crippen molar-refractivity contribution in [3.8, 4) is 0 Å². The van der Waals surface area contributed by atoms with Crippen molar-refractivity contribution < 1.29 is 10.2 Å². The van der Waals surface area contributed by atoms with Crippen LogP contribution < -0.4 is 0 Å². The van der Waals surface area contributed by atoms with E-state index in [2.05, 4.69) is 31.9 Å². The van der Waals surface area contributed by atoms with Crippen LogP contribution in [0.15, 0.2) is 22.7 Å². The van der Waals surface area contributed by atoms with Crippen molar-refractivity contribution in [3.63, 3.8) is 0 Å². The Kier molecular flexibility index (Phi) is 3.52. The highest BCUT2D eigenvalue weighted by Crippen LogP contribution is 2.34. The average Bonchev–Trinajstić information content (AvgIpc) is 2.09. The van der Waals surface area contributed by atoms with E-state index in [0.29, 0.717) is 6.42 Å². The topological polar surface area (TPSA) is 40.5 Å². The van der Waals surface area contributed by atoms with Gasteiger partial charge in [-0.25, -0.2) is 0 Å². The Morgan fingerprint density at radius 2 is 2.33 bits per heavy atom. The van der Waals surface area contributed by atoms with Crippen LogP contribution in [0.4, 0.5) is 0 Å². The maximum Gasteiger partial charge on any atom is 0.0961 e. The van der Waals surface area contributed by atoms with Crippen LogP contribution in [0.2, 0.25) is 0 Å². The first kappa shape index (κ1) is 10.4. The third kappa shape index (κ3) is 2.19. The summed E-state index contributed by atoms with van der Waals surface area (Å²) >= 11 is 6.71. The summed E-state index contributed by atoms with van der Waals surface area (Å²) in [7, 11) is 0. The van der Waals surface area contributed by atoms with Crippen molar-refractivity contribution in [2.45, 2.75) is 16.8 Å². The van der Waals surface area contributed by atoms with Gasteiger partial charge in [0.2, 0.25) is 0 Å². The first-order valence-corrected chi connectivity index (χ1v) is 5.20. The van der Waals surface area contributed by atoms with E-state index in [-0.39, 0.29) is 6.61 Å². The third-order valence-electron chi connectivity index (χ3n) is 1.86. The van der Waals surface area contributed by atoms with E-state index >= 15 is 0 Å². The number of alkyl halides is 1. The Morgan fingerprint density at radius 3 is 2.75 bits per heavy atom. The zero-order valence-corrected chi connectivity index (χ0v) is 9.55. The molecule has 1 rings (SSSR count). The summed E-state index contributed by atoms with van der Waals surface area (Å²) in [6.07, 6.45) is 5.57. The molecule has 68 valence electrons. The molecule has 2 unspecified atom stereocenters. The molecule has 4 heteroatoms. The predicted octanol–water partition coefficient (Wildman–Crippen LogP) is 1.71. The van der Waals surface area contributed by atoms with Crippen molar-refractivity contribution in [3.05, 3.63) is 22.7 Å². The van der Waals surface area contributed by atoms with E-state index in [1.165, 1.54) is 0 Å². The fourth-order valence-corrected chi connectivity index (χ4v) is 1.74. The largest absolute Gasteiger partial charge is 0.394 e. The Balaban J connectivity index is 2.71. The van der Waals surface area contributed by atoms with E-state index < -0.39 is 10.4 Å². The van der Waals surface area contributed by atoms with Gasteiger partial charge in [-0.05, 0) is 6.42 Å². The predicted molar refractivity (Wildman–Crippen MR) is 55.5 cm³/mol. The Bertz CT molecular complexity index is 225. The van der Waals surface area contributed by atoms with Gasteiger partial charge in [-0.15, -0.1) is 0 Å². The van der Waals surface area contributed by atoms with Gasteiger partial charge in [-0.1, -0.05) is 50.1 Å². The number of hydrogen-bond donors (Lipinski definition) is 2. The Morgan fingerprint density at radius 1 is 1.67 bits per heavy atom. The lowest BCUT2D eigenvalue weighted by atomic mass is 9.95. The fraction of sp³-hybridized carbons (Fsp3) is 0.500. The van der Waals surface area contributed by atoms with Gasteiger partial charge >= 0.3 is 0 Å². The van der Waals surface area contributed by atoms with Crippen LogP contribution in [-0.2, 0) is 0 Å². The highest BCUT2D eigenvalue weighted by molar-refractivity contribution is 9.12. The summed E-state index contributed by atoms with van der Waals surface area (Å²) in [6.45, 7) is -0.235. The van der Waals surface area contributed by atoms with Crippen molar-refractivity contribution in [2.24, 2.45) is 0 Å². The van der Waals surface area contributed by atoms with Gasteiger partial charge in [-0.2, -0.15) is 0 Å². The molecule has 12 heavy (non-hydrogen) atoms. The van der Waals surface area contributed by atoms with Crippen molar-refractivity contribution in [1.82, 2.24) is 0 Å². The molecule has 0 radical (unpaired) electrons. The monoisotopic (exact) mass is 296 g/mol. The molecule has 2 N–H and O–H groups in total. The first-order valence-electron chi connectivity index (χ1n) is 3.61. The van der Waals surface area contributed by atoms with Gasteiger partial charge in [0, 0.05) is 4.48 Å². The molecule has 0 saturated carbocycles. The highest BCUT2D eigenvalue weighted by atomic mass is 79.9. The Hall–Kier alpha value is 0.360. The number of aliphatic hydroxyl groups is 2. The summed E-state index contributed by atoms with van der Waals surface area (Å²) in [4.78, 5) is 0. The summed E-state index contributed by atoms with van der Waals surface area (Å²) < 4.78 is 0.502. The molecule has 0 saturated heterocycles. The molecule has 0 fully saturated rings. The van der Waals surface area contributed by atoms with Gasteiger partial charge in [0.15, 0.2) is 0 Å². The lowest BCUT2D eigenvalue weighted by molar-refractivity contribution is 0.0773. The second-order valence-electron chi connectivity index (χ2n) is 2.75. The zero-order chi connectivity index (χ0) is 9.19. The van der Waals surface area contributed by atoms with Crippen LogP contribution in [-0.4, -0.2) is 27.2 Å². The summed E-state index contributed by atoms with van der Waals surface area (Å²) in [5.41, 5.74) is 0. The minimum Gasteiger partial charge on any atom is -0.394 e. The fourth-order valence-electron chi connectivity index (χ4n) is 1.01. The summed E-state index contributed by atoms with van der Waals surface area (Å²) in [5, 5.41) is 18.2. The molecular formula is C8H10Br2O2. The Labute approximate surface area is 88.2 Å². The van der Waals surface area contributed by atoms with E-state index in [9.17, 15) is 5.11 Å². The number of halogens is 2. The van der Waals surface area contributed by atoms with E-state index in [1.807, 2.05) is 18.2 Å². The van der Waals surface area contributed by atoms with Crippen LogP contribution in [0.1, 0.15) is 6.42 Å². The van der Waals surface area contributed by atoms with Gasteiger partial charge in [0.05, 0.1) is 17.0 Å². The quantitative estimate of drug-likeness (QED) is 0.762. The molecule has 0 aliphatic heterocycles. The first-order chi connectivity index (χ1) is 5.58. The molecule has 0 aromatic rings. The minimum atomic E-state index is -0.759. The normalized spacial score (nSPS) is 31.5. The van der Waals surface area contributed by atoms with E-state index in [0.717, 1.165) is 4.48 Å². The molecule has 1 aliphatic rings. The van der Waals surface area contributed by atoms with Gasteiger partial charge in [0.1, 0.15) is 0 Å². The van der Waals surface area contributed by atoms with Crippen LogP contribution >= 0.6 is 31.9 Å². The molecule has 0 aromatic heterocycles. The number of rotatable bonds is 2. The van der Waals surface area contributed by atoms with Gasteiger partial charge in [-0.3, -0.25) is 0 Å². The van der Waals surface area contributed by atoms with Gasteiger partial charge in [0.25, 0.3) is 0 Å². The molecule has 2 atom stereocenters. The van der Waals surface area contributed by atoms with Crippen molar-refractivity contribution in [1.29, 1.82) is 0 Å². The van der Waals surface area contributed by atoms with Crippen LogP contribution in [0.25, 0.3) is 0 Å². The zero-order valence-electron chi connectivity index (χ0n) is 6.37. The molecule has 0 aromatic carbocycles. The average molecular weight is 298 g/mol. The van der Waals surface area contributed by atoms with Crippen LogP contribution in [0, 0.1) is 0 Å².